The monoisotopic (exact) mass is 290 g/mol. The van der Waals surface area contributed by atoms with E-state index < -0.39 is 11.7 Å². The maximum absolute atomic E-state index is 13.0. The van der Waals surface area contributed by atoms with Gasteiger partial charge in [-0.2, -0.15) is 5.26 Å². The molecule has 0 spiro atoms. The summed E-state index contributed by atoms with van der Waals surface area (Å²) in [6, 6.07) is 6.57. The zero-order valence-electron chi connectivity index (χ0n) is 10.0. The molecular weight excluding hydrogens is 283 g/mol. The van der Waals surface area contributed by atoms with Crippen molar-refractivity contribution in [2.45, 2.75) is 0 Å². The van der Waals surface area contributed by atoms with Crippen LogP contribution in [-0.2, 0) is 0 Å². The number of nitrogens with two attached hydrogens (primary N) is 1. The number of carbonyl (C=O) groups excluding carboxylic acids is 1. The fourth-order valence-corrected chi connectivity index (χ4v) is 1.73. The Morgan fingerprint density at radius 2 is 2.20 bits per heavy atom. The van der Waals surface area contributed by atoms with Crippen LogP contribution in [0.15, 0.2) is 30.5 Å². The molecule has 2 aromatic rings. The summed E-state index contributed by atoms with van der Waals surface area (Å²) in [6.07, 6.45) is 1.25. The Labute approximate surface area is 118 Å². The van der Waals surface area contributed by atoms with Gasteiger partial charge in [0.15, 0.2) is 0 Å². The highest BCUT2D eigenvalue weighted by atomic mass is 35.5. The van der Waals surface area contributed by atoms with Crippen molar-refractivity contribution in [2.24, 2.45) is 0 Å². The molecule has 1 amide bonds. The van der Waals surface area contributed by atoms with E-state index in [1.165, 1.54) is 18.3 Å². The van der Waals surface area contributed by atoms with E-state index in [0.717, 1.165) is 12.1 Å². The topological polar surface area (TPSA) is 91.8 Å². The predicted octanol–water partition coefficient (Wildman–Crippen LogP) is 2.58. The van der Waals surface area contributed by atoms with Gasteiger partial charge in [-0.05, 0) is 24.3 Å². The quantitative estimate of drug-likeness (QED) is 0.889. The van der Waals surface area contributed by atoms with E-state index >= 15 is 0 Å². The van der Waals surface area contributed by atoms with E-state index in [9.17, 15) is 9.18 Å². The van der Waals surface area contributed by atoms with Gasteiger partial charge in [0.1, 0.15) is 17.7 Å². The molecule has 0 atom stereocenters. The van der Waals surface area contributed by atoms with Crippen molar-refractivity contribution in [1.82, 2.24) is 4.98 Å². The molecule has 0 fully saturated rings. The van der Waals surface area contributed by atoms with Crippen LogP contribution in [0.4, 0.5) is 15.9 Å². The minimum Gasteiger partial charge on any atom is -0.384 e. The van der Waals surface area contributed by atoms with Gasteiger partial charge < -0.3 is 11.1 Å². The van der Waals surface area contributed by atoms with Crippen molar-refractivity contribution < 1.29 is 9.18 Å². The number of nitrogens with zero attached hydrogens (tertiary/aromatic N) is 2. The molecule has 7 heteroatoms. The summed E-state index contributed by atoms with van der Waals surface area (Å²) in [5.74, 6) is -0.989. The van der Waals surface area contributed by atoms with Gasteiger partial charge in [0.25, 0.3) is 5.91 Å². The van der Waals surface area contributed by atoms with Crippen LogP contribution in [0.2, 0.25) is 5.02 Å². The molecule has 0 bridgehead atoms. The summed E-state index contributed by atoms with van der Waals surface area (Å²) in [5.41, 5.74) is 5.80. The standard InChI is InChI=1S/C13H8ClFN4O/c14-10-6-18-12(17)4-9(10)13(20)19-11-2-1-8(15)3-7(11)5-16/h1-4,6H,(H2,17,18)(H,19,20). The summed E-state index contributed by atoms with van der Waals surface area (Å²) in [5, 5.41) is 11.5. The molecule has 0 saturated heterocycles. The van der Waals surface area contributed by atoms with E-state index in [0.29, 0.717) is 0 Å². The van der Waals surface area contributed by atoms with Gasteiger partial charge in [-0.15, -0.1) is 0 Å². The smallest absolute Gasteiger partial charge is 0.257 e. The first-order valence-electron chi connectivity index (χ1n) is 5.43. The lowest BCUT2D eigenvalue weighted by Gasteiger charge is -2.08. The number of halogens is 2. The maximum atomic E-state index is 13.0. The van der Waals surface area contributed by atoms with Crippen molar-refractivity contribution in [1.29, 1.82) is 5.26 Å². The molecule has 3 N–H and O–H groups in total. The lowest BCUT2D eigenvalue weighted by Crippen LogP contribution is -2.14. The number of pyridine rings is 1. The maximum Gasteiger partial charge on any atom is 0.257 e. The van der Waals surface area contributed by atoms with Crippen molar-refractivity contribution in [3.8, 4) is 6.07 Å². The fourth-order valence-electron chi connectivity index (χ4n) is 1.54. The Morgan fingerprint density at radius 3 is 2.90 bits per heavy atom. The summed E-state index contributed by atoms with van der Waals surface area (Å²) in [7, 11) is 0. The highest BCUT2D eigenvalue weighted by Crippen LogP contribution is 2.21. The molecule has 1 aromatic heterocycles. The van der Waals surface area contributed by atoms with Gasteiger partial charge in [-0.1, -0.05) is 11.6 Å². The van der Waals surface area contributed by atoms with Crippen LogP contribution in [-0.4, -0.2) is 10.9 Å². The van der Waals surface area contributed by atoms with E-state index in [1.807, 2.05) is 0 Å². The van der Waals surface area contributed by atoms with Crippen LogP contribution in [0.25, 0.3) is 0 Å². The average molecular weight is 291 g/mol. The first-order chi connectivity index (χ1) is 9.51. The fraction of sp³-hybridized carbons (Fsp3) is 0. The van der Waals surface area contributed by atoms with Crippen LogP contribution < -0.4 is 11.1 Å². The Hall–Kier alpha value is -2.65. The number of benzene rings is 1. The molecular formula is C13H8ClFN4O. The number of rotatable bonds is 2. The number of carbonyl (C=O) groups is 1. The van der Waals surface area contributed by atoms with Gasteiger partial charge >= 0.3 is 0 Å². The number of nitrogen functional groups attached to an aromatic ring is 1. The number of aromatic nitrogens is 1. The van der Waals surface area contributed by atoms with E-state index in [1.54, 1.807) is 6.07 Å². The largest absolute Gasteiger partial charge is 0.384 e. The highest BCUT2D eigenvalue weighted by molar-refractivity contribution is 6.34. The number of anilines is 2. The zero-order valence-corrected chi connectivity index (χ0v) is 10.8. The van der Waals surface area contributed by atoms with E-state index in [2.05, 4.69) is 10.3 Å². The van der Waals surface area contributed by atoms with Crippen LogP contribution in [0.5, 0.6) is 0 Å². The van der Waals surface area contributed by atoms with E-state index in [-0.39, 0.29) is 27.7 Å². The summed E-state index contributed by atoms with van der Waals surface area (Å²) < 4.78 is 13.0. The first kappa shape index (κ1) is 13.8. The zero-order chi connectivity index (χ0) is 14.7. The van der Waals surface area contributed by atoms with E-state index in [4.69, 9.17) is 22.6 Å². The van der Waals surface area contributed by atoms with Gasteiger partial charge in [-0.25, -0.2) is 9.37 Å². The third kappa shape index (κ3) is 2.84. The molecule has 0 radical (unpaired) electrons. The number of nitriles is 1. The Kier molecular flexibility index (Phi) is 3.82. The second-order valence-electron chi connectivity index (χ2n) is 3.84. The summed E-state index contributed by atoms with van der Waals surface area (Å²) in [6.45, 7) is 0. The summed E-state index contributed by atoms with van der Waals surface area (Å²) >= 11 is 5.85. The van der Waals surface area contributed by atoms with Gasteiger partial charge in [0.2, 0.25) is 0 Å². The Bertz CT molecular complexity index is 727. The normalized spacial score (nSPS) is 9.85. The average Bonchev–Trinajstić information content (AvgIpc) is 2.43. The second kappa shape index (κ2) is 5.55. The van der Waals surface area contributed by atoms with Crippen molar-refractivity contribution in [3.05, 3.63) is 52.4 Å². The van der Waals surface area contributed by atoms with Crippen LogP contribution in [0.1, 0.15) is 15.9 Å². The number of nitrogens with one attached hydrogen (secondary N) is 1. The van der Waals surface area contributed by atoms with Gasteiger partial charge in [0.05, 0.1) is 21.8 Å². The molecule has 100 valence electrons. The molecule has 5 nitrogen and oxygen atoms in total. The van der Waals surface area contributed by atoms with Crippen LogP contribution >= 0.6 is 11.6 Å². The molecule has 0 aliphatic heterocycles. The second-order valence-corrected chi connectivity index (χ2v) is 4.25. The number of hydrogen-bond donors (Lipinski definition) is 2. The first-order valence-corrected chi connectivity index (χ1v) is 5.81. The number of hydrogen-bond acceptors (Lipinski definition) is 4. The molecule has 0 aliphatic rings. The molecule has 2 rings (SSSR count). The highest BCUT2D eigenvalue weighted by Gasteiger charge is 2.14. The van der Waals surface area contributed by atoms with Crippen molar-refractivity contribution >= 4 is 29.0 Å². The van der Waals surface area contributed by atoms with Crippen LogP contribution in [0, 0.1) is 17.1 Å². The Balaban J connectivity index is 2.33. The third-order valence-electron chi connectivity index (χ3n) is 2.47. The molecule has 20 heavy (non-hydrogen) atoms. The minimum atomic E-state index is -0.564. The predicted molar refractivity (Wildman–Crippen MR) is 72.7 cm³/mol. The van der Waals surface area contributed by atoms with Gasteiger partial charge in [-0.3, -0.25) is 4.79 Å². The molecule has 0 saturated carbocycles. The number of amides is 1. The van der Waals surface area contributed by atoms with Crippen LogP contribution in [0.3, 0.4) is 0 Å². The molecule has 0 unspecified atom stereocenters. The van der Waals surface area contributed by atoms with Crippen molar-refractivity contribution in [2.75, 3.05) is 11.1 Å². The summed E-state index contributed by atoms with van der Waals surface area (Å²) in [4.78, 5) is 15.8. The Morgan fingerprint density at radius 1 is 1.45 bits per heavy atom. The lowest BCUT2D eigenvalue weighted by molar-refractivity contribution is 0.102. The lowest BCUT2D eigenvalue weighted by atomic mass is 10.1. The van der Waals surface area contributed by atoms with Crippen molar-refractivity contribution in [3.63, 3.8) is 0 Å². The minimum absolute atomic E-state index is 0.0106. The SMILES string of the molecule is N#Cc1cc(F)ccc1NC(=O)c1cc(N)ncc1Cl. The molecule has 1 aromatic carbocycles. The van der Waals surface area contributed by atoms with Gasteiger partial charge in [0, 0.05) is 6.20 Å². The third-order valence-corrected chi connectivity index (χ3v) is 2.77. The molecule has 0 aliphatic carbocycles. The molecule has 1 heterocycles.